The van der Waals surface area contributed by atoms with Gasteiger partial charge in [-0.25, -0.2) is 0 Å². The summed E-state index contributed by atoms with van der Waals surface area (Å²) < 4.78 is 0. The number of benzene rings is 1. The molecule has 0 amide bonds. The largest absolute Gasteiger partial charge is 0.508 e. The summed E-state index contributed by atoms with van der Waals surface area (Å²) in [5, 5.41) is 12.8. The standard InChI is InChI=1S/C12H19NOS/c1-3-15-8-4-7-13-11-6-5-10(2)12(14)9-11/h5-6,9,13-14H,3-4,7-8H2,1-2H3. The quantitative estimate of drug-likeness (QED) is 0.729. The van der Waals surface area contributed by atoms with E-state index in [1.54, 1.807) is 6.07 Å². The average Bonchev–Trinajstić information content (AvgIpc) is 2.23. The van der Waals surface area contributed by atoms with Gasteiger partial charge in [0.05, 0.1) is 0 Å². The van der Waals surface area contributed by atoms with Crippen LogP contribution in [0.5, 0.6) is 5.75 Å². The van der Waals surface area contributed by atoms with Crippen LogP contribution in [0.25, 0.3) is 0 Å². The SMILES string of the molecule is CCSCCCNc1ccc(C)c(O)c1. The minimum atomic E-state index is 0.364. The first-order valence-electron chi connectivity index (χ1n) is 5.35. The lowest BCUT2D eigenvalue weighted by atomic mass is 10.2. The third-order valence-corrected chi connectivity index (χ3v) is 3.19. The van der Waals surface area contributed by atoms with Crippen LogP contribution >= 0.6 is 11.8 Å². The van der Waals surface area contributed by atoms with Crippen molar-refractivity contribution in [3.63, 3.8) is 0 Å². The lowest BCUT2D eigenvalue weighted by Gasteiger charge is -2.07. The van der Waals surface area contributed by atoms with E-state index < -0.39 is 0 Å². The molecule has 1 aromatic carbocycles. The van der Waals surface area contributed by atoms with Crippen molar-refractivity contribution in [2.45, 2.75) is 20.3 Å². The molecule has 0 saturated carbocycles. The first-order chi connectivity index (χ1) is 7.24. The van der Waals surface area contributed by atoms with Gasteiger partial charge in [-0.3, -0.25) is 0 Å². The van der Waals surface area contributed by atoms with Crippen LogP contribution < -0.4 is 5.32 Å². The van der Waals surface area contributed by atoms with Gasteiger partial charge in [0, 0.05) is 18.3 Å². The summed E-state index contributed by atoms with van der Waals surface area (Å²) in [6.45, 7) is 5.04. The number of thioether (sulfide) groups is 1. The van der Waals surface area contributed by atoms with Crippen LogP contribution in [0.3, 0.4) is 0 Å². The Hall–Kier alpha value is -0.830. The molecule has 15 heavy (non-hydrogen) atoms. The molecule has 0 saturated heterocycles. The molecule has 0 radical (unpaired) electrons. The predicted molar refractivity (Wildman–Crippen MR) is 68.9 cm³/mol. The number of phenolic OH excluding ortho intramolecular Hbond substituents is 1. The van der Waals surface area contributed by atoms with Crippen molar-refractivity contribution in [2.75, 3.05) is 23.4 Å². The number of hydrogen-bond donors (Lipinski definition) is 2. The summed E-state index contributed by atoms with van der Waals surface area (Å²) in [5.41, 5.74) is 1.92. The molecule has 1 rings (SSSR count). The monoisotopic (exact) mass is 225 g/mol. The third kappa shape index (κ3) is 4.47. The molecule has 0 spiro atoms. The lowest BCUT2D eigenvalue weighted by Crippen LogP contribution is -2.02. The Bertz CT molecular complexity index is 302. The Morgan fingerprint density at radius 1 is 1.40 bits per heavy atom. The first kappa shape index (κ1) is 12.2. The highest BCUT2D eigenvalue weighted by atomic mass is 32.2. The van der Waals surface area contributed by atoms with Crippen LogP contribution in [0.4, 0.5) is 5.69 Å². The molecule has 1 aromatic rings. The summed E-state index contributed by atoms with van der Waals surface area (Å²) in [4.78, 5) is 0. The third-order valence-electron chi connectivity index (χ3n) is 2.21. The van der Waals surface area contributed by atoms with Crippen molar-refractivity contribution in [2.24, 2.45) is 0 Å². The zero-order valence-corrected chi connectivity index (χ0v) is 10.2. The zero-order valence-electron chi connectivity index (χ0n) is 9.42. The van der Waals surface area contributed by atoms with Crippen molar-refractivity contribution in [1.82, 2.24) is 0 Å². The second-order valence-corrected chi connectivity index (χ2v) is 4.87. The molecule has 0 heterocycles. The molecule has 0 aliphatic carbocycles. The van der Waals surface area contributed by atoms with E-state index in [1.165, 1.54) is 11.5 Å². The molecule has 0 fully saturated rings. The molecule has 0 unspecified atom stereocenters. The maximum absolute atomic E-state index is 9.50. The Balaban J connectivity index is 2.28. The number of rotatable bonds is 6. The Labute approximate surface area is 96.1 Å². The van der Waals surface area contributed by atoms with E-state index in [-0.39, 0.29) is 0 Å². The van der Waals surface area contributed by atoms with Crippen molar-refractivity contribution in [3.8, 4) is 5.75 Å². The van der Waals surface area contributed by atoms with Gasteiger partial charge >= 0.3 is 0 Å². The molecule has 84 valence electrons. The zero-order chi connectivity index (χ0) is 11.1. The molecule has 0 aliphatic heterocycles. The van der Waals surface area contributed by atoms with Gasteiger partial charge in [-0.2, -0.15) is 11.8 Å². The number of phenols is 1. The van der Waals surface area contributed by atoms with Gasteiger partial charge < -0.3 is 10.4 Å². The van der Waals surface area contributed by atoms with E-state index >= 15 is 0 Å². The summed E-state index contributed by atoms with van der Waals surface area (Å²) in [6, 6.07) is 5.71. The van der Waals surface area contributed by atoms with Crippen LogP contribution in [-0.2, 0) is 0 Å². The molecule has 2 nitrogen and oxygen atoms in total. The van der Waals surface area contributed by atoms with Crippen molar-refractivity contribution in [3.05, 3.63) is 23.8 Å². The average molecular weight is 225 g/mol. The second kappa shape index (κ2) is 6.62. The molecular formula is C12H19NOS. The fourth-order valence-corrected chi connectivity index (χ4v) is 1.91. The highest BCUT2D eigenvalue weighted by Gasteiger charge is 1.97. The highest BCUT2D eigenvalue weighted by molar-refractivity contribution is 7.99. The normalized spacial score (nSPS) is 10.3. The van der Waals surface area contributed by atoms with Gasteiger partial charge in [0.15, 0.2) is 0 Å². The Morgan fingerprint density at radius 3 is 2.87 bits per heavy atom. The number of anilines is 1. The van der Waals surface area contributed by atoms with E-state index in [9.17, 15) is 5.11 Å². The van der Waals surface area contributed by atoms with Gasteiger partial charge in [-0.05, 0) is 36.5 Å². The van der Waals surface area contributed by atoms with E-state index in [0.717, 1.165) is 24.2 Å². The molecule has 3 heteroatoms. The summed E-state index contributed by atoms with van der Waals surface area (Å²) in [5.74, 6) is 2.75. The fraction of sp³-hybridized carbons (Fsp3) is 0.500. The van der Waals surface area contributed by atoms with Gasteiger partial charge in [-0.15, -0.1) is 0 Å². The predicted octanol–water partition coefficient (Wildman–Crippen LogP) is 3.26. The maximum Gasteiger partial charge on any atom is 0.120 e. The minimum absolute atomic E-state index is 0.364. The van der Waals surface area contributed by atoms with E-state index in [2.05, 4.69) is 12.2 Å². The molecule has 0 aromatic heterocycles. The number of aryl methyl sites for hydroxylation is 1. The Morgan fingerprint density at radius 2 is 2.20 bits per heavy atom. The number of nitrogens with one attached hydrogen (secondary N) is 1. The van der Waals surface area contributed by atoms with Crippen LogP contribution in [0.15, 0.2) is 18.2 Å². The number of aromatic hydroxyl groups is 1. The van der Waals surface area contributed by atoms with Crippen LogP contribution in [0.1, 0.15) is 18.9 Å². The molecular weight excluding hydrogens is 206 g/mol. The fourth-order valence-electron chi connectivity index (χ4n) is 1.27. The molecule has 2 N–H and O–H groups in total. The topological polar surface area (TPSA) is 32.3 Å². The number of hydrogen-bond acceptors (Lipinski definition) is 3. The van der Waals surface area contributed by atoms with Gasteiger partial charge in [0.1, 0.15) is 5.75 Å². The molecule has 0 atom stereocenters. The van der Waals surface area contributed by atoms with Gasteiger partial charge in [-0.1, -0.05) is 13.0 Å². The highest BCUT2D eigenvalue weighted by Crippen LogP contribution is 2.20. The minimum Gasteiger partial charge on any atom is -0.508 e. The molecule has 0 bridgehead atoms. The maximum atomic E-state index is 9.50. The Kier molecular flexibility index (Phi) is 5.40. The smallest absolute Gasteiger partial charge is 0.120 e. The van der Waals surface area contributed by atoms with E-state index in [1.807, 2.05) is 30.8 Å². The van der Waals surface area contributed by atoms with E-state index in [0.29, 0.717) is 5.75 Å². The first-order valence-corrected chi connectivity index (χ1v) is 6.50. The van der Waals surface area contributed by atoms with Crippen molar-refractivity contribution < 1.29 is 5.11 Å². The van der Waals surface area contributed by atoms with E-state index in [4.69, 9.17) is 0 Å². The lowest BCUT2D eigenvalue weighted by molar-refractivity contribution is 0.471. The van der Waals surface area contributed by atoms with Crippen LogP contribution in [-0.4, -0.2) is 23.2 Å². The van der Waals surface area contributed by atoms with Gasteiger partial charge in [0.25, 0.3) is 0 Å². The summed E-state index contributed by atoms with van der Waals surface area (Å²) in [7, 11) is 0. The van der Waals surface area contributed by atoms with Crippen LogP contribution in [0, 0.1) is 6.92 Å². The van der Waals surface area contributed by atoms with Crippen molar-refractivity contribution in [1.29, 1.82) is 0 Å². The second-order valence-electron chi connectivity index (χ2n) is 3.48. The summed E-state index contributed by atoms with van der Waals surface area (Å²) in [6.07, 6.45) is 1.16. The van der Waals surface area contributed by atoms with Crippen molar-refractivity contribution >= 4 is 17.4 Å². The van der Waals surface area contributed by atoms with Gasteiger partial charge in [0.2, 0.25) is 0 Å². The van der Waals surface area contributed by atoms with Crippen LogP contribution in [0.2, 0.25) is 0 Å². The summed E-state index contributed by atoms with van der Waals surface area (Å²) >= 11 is 1.96. The molecule has 0 aliphatic rings.